The summed E-state index contributed by atoms with van der Waals surface area (Å²) in [4.78, 5) is 0. The molecule has 0 unspecified atom stereocenters. The first-order valence-corrected chi connectivity index (χ1v) is 3.68. The Hall–Kier alpha value is -1.38. The molecule has 1 N–H and O–H groups in total. The fourth-order valence-electron chi connectivity index (χ4n) is 1.03. The van der Waals surface area contributed by atoms with Crippen LogP contribution in [0.1, 0.15) is 6.42 Å². The molecule has 0 radical (unpaired) electrons. The SMILES string of the molecule is COC1=CCC=C/C1=C(/O)OC. The molecule has 0 aliphatic heterocycles. The first-order valence-electron chi connectivity index (χ1n) is 3.68. The normalized spacial score (nSPS) is 20.0. The van der Waals surface area contributed by atoms with Gasteiger partial charge in [-0.3, -0.25) is 0 Å². The third kappa shape index (κ3) is 1.61. The van der Waals surface area contributed by atoms with E-state index in [0.717, 1.165) is 6.42 Å². The van der Waals surface area contributed by atoms with Crippen LogP contribution in [0.2, 0.25) is 0 Å². The van der Waals surface area contributed by atoms with Gasteiger partial charge >= 0.3 is 0 Å². The van der Waals surface area contributed by atoms with Crippen LogP contribution in [-0.4, -0.2) is 19.3 Å². The maximum Gasteiger partial charge on any atom is 0.287 e. The van der Waals surface area contributed by atoms with Gasteiger partial charge in [0, 0.05) is 0 Å². The molecule has 0 aromatic carbocycles. The van der Waals surface area contributed by atoms with Crippen molar-refractivity contribution in [3.05, 3.63) is 35.5 Å². The summed E-state index contributed by atoms with van der Waals surface area (Å²) >= 11 is 0. The van der Waals surface area contributed by atoms with Crippen molar-refractivity contribution >= 4 is 0 Å². The Bertz CT molecular complexity index is 248. The average Bonchev–Trinajstić information content (AvgIpc) is 2.16. The summed E-state index contributed by atoms with van der Waals surface area (Å²) in [5.41, 5.74) is 0.589. The Morgan fingerprint density at radius 2 is 2.25 bits per heavy atom. The average molecular weight is 168 g/mol. The van der Waals surface area contributed by atoms with E-state index in [-0.39, 0.29) is 5.95 Å². The monoisotopic (exact) mass is 168 g/mol. The smallest absolute Gasteiger partial charge is 0.287 e. The van der Waals surface area contributed by atoms with Gasteiger partial charge in [-0.25, -0.2) is 0 Å². The lowest BCUT2D eigenvalue weighted by molar-refractivity contribution is 0.129. The van der Waals surface area contributed by atoms with Crippen LogP contribution in [-0.2, 0) is 9.47 Å². The second-order valence-electron chi connectivity index (χ2n) is 2.33. The van der Waals surface area contributed by atoms with E-state index in [1.807, 2.05) is 12.2 Å². The summed E-state index contributed by atoms with van der Waals surface area (Å²) in [5, 5.41) is 9.27. The van der Waals surface area contributed by atoms with Gasteiger partial charge < -0.3 is 14.6 Å². The third-order valence-corrected chi connectivity index (χ3v) is 1.63. The minimum absolute atomic E-state index is 0.112. The minimum atomic E-state index is -0.112. The molecule has 3 nitrogen and oxygen atoms in total. The first-order chi connectivity index (χ1) is 5.79. The van der Waals surface area contributed by atoms with Gasteiger partial charge in [0.05, 0.1) is 19.8 Å². The molecule has 0 saturated carbocycles. The van der Waals surface area contributed by atoms with E-state index in [2.05, 4.69) is 4.74 Å². The molecule has 0 amide bonds. The molecule has 0 atom stereocenters. The van der Waals surface area contributed by atoms with Crippen LogP contribution >= 0.6 is 0 Å². The number of ether oxygens (including phenoxy) is 2. The summed E-state index contributed by atoms with van der Waals surface area (Å²) in [7, 11) is 2.98. The van der Waals surface area contributed by atoms with Gasteiger partial charge in [-0.2, -0.15) is 0 Å². The molecule has 0 fully saturated rings. The fourth-order valence-corrected chi connectivity index (χ4v) is 1.03. The Kier molecular flexibility index (Phi) is 2.80. The fraction of sp³-hybridized carbons (Fsp3) is 0.333. The van der Waals surface area contributed by atoms with Crippen LogP contribution in [0.15, 0.2) is 35.5 Å². The number of methoxy groups -OCH3 is 2. The second-order valence-corrected chi connectivity index (χ2v) is 2.33. The van der Waals surface area contributed by atoms with Crippen molar-refractivity contribution in [3.8, 4) is 0 Å². The number of hydrogen-bond donors (Lipinski definition) is 1. The van der Waals surface area contributed by atoms with Crippen molar-refractivity contribution in [1.29, 1.82) is 0 Å². The quantitative estimate of drug-likeness (QED) is 0.640. The van der Waals surface area contributed by atoms with Crippen molar-refractivity contribution in [2.75, 3.05) is 14.2 Å². The predicted molar refractivity (Wildman–Crippen MR) is 45.5 cm³/mol. The van der Waals surface area contributed by atoms with Gasteiger partial charge in [0.1, 0.15) is 5.76 Å². The number of aliphatic hydroxyl groups is 1. The molecule has 1 rings (SSSR count). The highest BCUT2D eigenvalue weighted by Crippen LogP contribution is 2.21. The maximum atomic E-state index is 9.27. The summed E-state index contributed by atoms with van der Waals surface area (Å²) in [6.45, 7) is 0. The molecule has 66 valence electrons. The zero-order valence-electron chi connectivity index (χ0n) is 7.20. The van der Waals surface area contributed by atoms with E-state index in [4.69, 9.17) is 4.74 Å². The van der Waals surface area contributed by atoms with Crippen LogP contribution in [0.3, 0.4) is 0 Å². The number of hydrogen-bond acceptors (Lipinski definition) is 3. The van der Waals surface area contributed by atoms with Gasteiger partial charge in [0.2, 0.25) is 0 Å². The highest BCUT2D eigenvalue weighted by atomic mass is 16.6. The molecular weight excluding hydrogens is 156 g/mol. The van der Waals surface area contributed by atoms with Gasteiger partial charge in [-0.05, 0) is 18.6 Å². The van der Waals surface area contributed by atoms with E-state index in [0.29, 0.717) is 11.3 Å². The standard InChI is InChI=1S/C9H12O3/c1-11-8-6-4-3-5-7(8)9(10)12-2/h3,5-6,10H,4H2,1-2H3/b9-7+. The molecule has 1 aliphatic carbocycles. The van der Waals surface area contributed by atoms with Gasteiger partial charge in [-0.15, -0.1) is 0 Å². The highest BCUT2D eigenvalue weighted by molar-refractivity contribution is 5.39. The topological polar surface area (TPSA) is 38.7 Å². The Morgan fingerprint density at radius 3 is 2.83 bits per heavy atom. The van der Waals surface area contributed by atoms with E-state index < -0.39 is 0 Å². The lowest BCUT2D eigenvalue weighted by atomic mass is 10.1. The Balaban J connectivity index is 2.94. The molecule has 0 spiro atoms. The zero-order chi connectivity index (χ0) is 8.97. The molecule has 12 heavy (non-hydrogen) atoms. The van der Waals surface area contributed by atoms with E-state index in [9.17, 15) is 5.11 Å². The van der Waals surface area contributed by atoms with Crippen LogP contribution in [0, 0.1) is 0 Å². The molecule has 3 heteroatoms. The molecule has 0 aromatic heterocycles. The summed E-state index contributed by atoms with van der Waals surface area (Å²) in [6.07, 6.45) is 6.40. The summed E-state index contributed by atoms with van der Waals surface area (Å²) < 4.78 is 9.72. The third-order valence-electron chi connectivity index (χ3n) is 1.63. The van der Waals surface area contributed by atoms with Crippen molar-refractivity contribution in [2.24, 2.45) is 0 Å². The van der Waals surface area contributed by atoms with Gasteiger partial charge in [-0.1, -0.05) is 6.08 Å². The van der Waals surface area contributed by atoms with E-state index in [1.165, 1.54) is 7.11 Å². The molecule has 1 aliphatic rings. The van der Waals surface area contributed by atoms with Crippen molar-refractivity contribution in [3.63, 3.8) is 0 Å². The summed E-state index contributed by atoms with van der Waals surface area (Å²) in [6, 6.07) is 0. The minimum Gasteiger partial charge on any atom is -0.496 e. The number of allylic oxidation sites excluding steroid dienone is 3. The lowest BCUT2D eigenvalue weighted by Gasteiger charge is -2.11. The van der Waals surface area contributed by atoms with Gasteiger partial charge in [0.25, 0.3) is 5.95 Å². The van der Waals surface area contributed by atoms with E-state index >= 15 is 0 Å². The molecule has 0 saturated heterocycles. The molecule has 0 heterocycles. The van der Waals surface area contributed by atoms with E-state index in [1.54, 1.807) is 13.2 Å². The number of aliphatic hydroxyl groups excluding tert-OH is 1. The van der Waals surface area contributed by atoms with Crippen LogP contribution in [0.25, 0.3) is 0 Å². The molecular formula is C9H12O3. The summed E-state index contributed by atoms with van der Waals surface area (Å²) in [5.74, 6) is 0.538. The predicted octanol–water partition coefficient (Wildman–Crippen LogP) is 1.89. The highest BCUT2D eigenvalue weighted by Gasteiger charge is 2.11. The van der Waals surface area contributed by atoms with Crippen molar-refractivity contribution in [1.82, 2.24) is 0 Å². The molecule has 0 aromatic rings. The van der Waals surface area contributed by atoms with Crippen LogP contribution in [0.5, 0.6) is 0 Å². The first kappa shape index (κ1) is 8.71. The maximum absolute atomic E-state index is 9.27. The molecule has 0 bridgehead atoms. The van der Waals surface area contributed by atoms with Gasteiger partial charge in [0.15, 0.2) is 0 Å². The Labute approximate surface area is 71.6 Å². The Morgan fingerprint density at radius 1 is 1.50 bits per heavy atom. The second kappa shape index (κ2) is 3.85. The zero-order valence-corrected chi connectivity index (χ0v) is 7.20. The number of rotatable bonds is 2. The lowest BCUT2D eigenvalue weighted by Crippen LogP contribution is -1.99. The van der Waals surface area contributed by atoms with Crippen LogP contribution in [0.4, 0.5) is 0 Å². The largest absolute Gasteiger partial charge is 0.496 e. The van der Waals surface area contributed by atoms with Crippen molar-refractivity contribution < 1.29 is 14.6 Å². The van der Waals surface area contributed by atoms with Crippen molar-refractivity contribution in [2.45, 2.75) is 6.42 Å². The van der Waals surface area contributed by atoms with Crippen LogP contribution < -0.4 is 0 Å².